The number of pyridine rings is 1. The van der Waals surface area contributed by atoms with E-state index in [1.807, 2.05) is 30.3 Å². The van der Waals surface area contributed by atoms with E-state index in [1.54, 1.807) is 10.9 Å². The Balaban J connectivity index is 1.82. The van der Waals surface area contributed by atoms with Gasteiger partial charge in [-0.25, -0.2) is 9.48 Å². The van der Waals surface area contributed by atoms with Gasteiger partial charge in [-0.15, -0.1) is 0 Å². The highest BCUT2D eigenvalue weighted by molar-refractivity contribution is 6.03. The van der Waals surface area contributed by atoms with Gasteiger partial charge in [-0.05, 0) is 24.3 Å². The second-order valence-electron chi connectivity index (χ2n) is 5.06. The van der Waals surface area contributed by atoms with Crippen molar-refractivity contribution < 1.29 is 14.3 Å². The molecule has 3 rings (SSSR count). The van der Waals surface area contributed by atoms with Gasteiger partial charge >= 0.3 is 5.97 Å². The summed E-state index contributed by atoms with van der Waals surface area (Å²) in [4.78, 5) is 38.0. The number of aromatic amines is 1. The topological polar surface area (TPSA) is 106 Å². The average Bonchev–Trinajstić information content (AvgIpc) is 3.14. The maximum atomic E-state index is 12.3. The third kappa shape index (κ3) is 3.47. The minimum atomic E-state index is -0.625. The fourth-order valence-electron chi connectivity index (χ4n) is 2.17. The van der Waals surface area contributed by atoms with Gasteiger partial charge in [0.1, 0.15) is 5.69 Å². The van der Waals surface area contributed by atoms with E-state index >= 15 is 0 Å². The zero-order chi connectivity index (χ0) is 17.8. The smallest absolute Gasteiger partial charge is 0.339 e. The molecule has 1 aromatic carbocycles. The molecule has 0 bridgehead atoms. The molecule has 2 N–H and O–H groups in total. The summed E-state index contributed by atoms with van der Waals surface area (Å²) in [6.45, 7) is 0. The Morgan fingerprint density at radius 1 is 1.20 bits per heavy atom. The van der Waals surface area contributed by atoms with E-state index in [2.05, 4.69) is 20.1 Å². The number of methoxy groups -OCH3 is 1. The first-order valence-electron chi connectivity index (χ1n) is 7.32. The van der Waals surface area contributed by atoms with Crippen molar-refractivity contribution in [2.24, 2.45) is 0 Å². The van der Waals surface area contributed by atoms with Gasteiger partial charge in [0.15, 0.2) is 5.69 Å². The first-order valence-corrected chi connectivity index (χ1v) is 7.32. The molecule has 0 saturated carbocycles. The van der Waals surface area contributed by atoms with Crippen molar-refractivity contribution in [3.63, 3.8) is 0 Å². The fraction of sp³-hybridized carbons (Fsp3) is 0.0588. The van der Waals surface area contributed by atoms with Gasteiger partial charge in [0.25, 0.3) is 11.5 Å². The third-order valence-corrected chi connectivity index (χ3v) is 3.41. The van der Waals surface area contributed by atoms with Crippen LogP contribution in [0.3, 0.4) is 0 Å². The molecule has 0 fully saturated rings. The van der Waals surface area contributed by atoms with Crippen molar-refractivity contribution >= 4 is 17.6 Å². The van der Waals surface area contributed by atoms with Crippen LogP contribution in [0.5, 0.6) is 0 Å². The molecule has 3 aromatic rings. The molecule has 2 aromatic heterocycles. The molecule has 0 unspecified atom stereocenters. The molecule has 8 nitrogen and oxygen atoms in total. The van der Waals surface area contributed by atoms with Crippen molar-refractivity contribution in [1.82, 2.24) is 14.8 Å². The summed E-state index contributed by atoms with van der Waals surface area (Å²) in [5.41, 5.74) is 0.441. The second-order valence-corrected chi connectivity index (χ2v) is 5.06. The van der Waals surface area contributed by atoms with Crippen LogP contribution >= 0.6 is 0 Å². The Hall–Kier alpha value is -3.68. The number of carbonyl (C=O) groups excluding carboxylic acids is 2. The predicted molar refractivity (Wildman–Crippen MR) is 89.9 cm³/mol. The lowest BCUT2D eigenvalue weighted by atomic mass is 10.2. The van der Waals surface area contributed by atoms with Gasteiger partial charge in [-0.2, -0.15) is 5.10 Å². The average molecular weight is 338 g/mol. The number of aromatic nitrogens is 3. The lowest BCUT2D eigenvalue weighted by molar-refractivity contribution is 0.0600. The Morgan fingerprint density at radius 2 is 1.96 bits per heavy atom. The number of esters is 1. The molecule has 0 aliphatic heterocycles. The molecule has 8 heteroatoms. The summed E-state index contributed by atoms with van der Waals surface area (Å²) in [5.74, 6) is -1.19. The molecule has 1 amide bonds. The molecule has 0 atom stereocenters. The van der Waals surface area contributed by atoms with E-state index in [1.165, 1.54) is 25.4 Å². The molecular formula is C17H14N4O4. The number of para-hydroxylation sites is 1. The number of benzene rings is 1. The lowest BCUT2D eigenvalue weighted by Gasteiger charge is -2.04. The molecular weight excluding hydrogens is 324 g/mol. The number of H-pyrrole nitrogens is 1. The molecule has 0 saturated heterocycles. The van der Waals surface area contributed by atoms with Gasteiger partial charge in [-0.3, -0.25) is 9.59 Å². The zero-order valence-electron chi connectivity index (χ0n) is 13.2. The number of hydrogen-bond acceptors (Lipinski definition) is 5. The number of ether oxygens (including phenoxy) is 1. The van der Waals surface area contributed by atoms with E-state index in [0.717, 1.165) is 5.69 Å². The molecule has 0 aliphatic carbocycles. The number of nitrogens with zero attached hydrogens (tertiary/aromatic N) is 2. The van der Waals surface area contributed by atoms with E-state index in [0.29, 0.717) is 0 Å². The normalized spacial score (nSPS) is 10.3. The monoisotopic (exact) mass is 338 g/mol. The second kappa shape index (κ2) is 6.83. The quantitative estimate of drug-likeness (QED) is 0.703. The number of carbonyl (C=O) groups is 2. The van der Waals surface area contributed by atoms with E-state index < -0.39 is 17.4 Å². The lowest BCUT2D eigenvalue weighted by Crippen LogP contribution is -2.21. The number of nitrogens with one attached hydrogen (secondary N) is 2. The van der Waals surface area contributed by atoms with Crippen molar-refractivity contribution in [1.29, 1.82) is 0 Å². The van der Waals surface area contributed by atoms with Crippen LogP contribution in [-0.2, 0) is 4.74 Å². The highest BCUT2D eigenvalue weighted by Crippen LogP contribution is 2.10. The predicted octanol–water partition coefficient (Wildman–Crippen LogP) is 1.60. The van der Waals surface area contributed by atoms with Crippen molar-refractivity contribution in [2.75, 3.05) is 12.4 Å². The number of amides is 1. The van der Waals surface area contributed by atoms with Gasteiger partial charge in [0.05, 0.1) is 18.4 Å². The molecule has 2 heterocycles. The van der Waals surface area contributed by atoms with Crippen LogP contribution < -0.4 is 10.9 Å². The Bertz CT molecular complexity index is 976. The first kappa shape index (κ1) is 16.2. The highest BCUT2D eigenvalue weighted by Gasteiger charge is 2.14. The Morgan fingerprint density at radius 3 is 2.68 bits per heavy atom. The summed E-state index contributed by atoms with van der Waals surface area (Å²) in [6.07, 6.45) is 2.85. The highest BCUT2D eigenvalue weighted by atomic mass is 16.5. The van der Waals surface area contributed by atoms with Crippen LogP contribution in [0, 0.1) is 0 Å². The largest absolute Gasteiger partial charge is 0.465 e. The third-order valence-electron chi connectivity index (χ3n) is 3.41. The molecule has 126 valence electrons. The van der Waals surface area contributed by atoms with Crippen molar-refractivity contribution in [2.45, 2.75) is 0 Å². The summed E-state index contributed by atoms with van der Waals surface area (Å²) in [5, 5.41) is 6.63. The molecule has 25 heavy (non-hydrogen) atoms. The number of anilines is 1. The summed E-state index contributed by atoms with van der Waals surface area (Å²) in [6, 6.07) is 12.1. The SMILES string of the molecule is COC(=O)c1c[nH]c(=O)c(NC(=O)c2ccn(-c3ccccc3)n2)c1. The summed E-state index contributed by atoms with van der Waals surface area (Å²) >= 11 is 0. The van der Waals surface area contributed by atoms with Gasteiger partial charge in [-0.1, -0.05) is 18.2 Å². The van der Waals surface area contributed by atoms with Crippen molar-refractivity contribution in [3.05, 3.63) is 76.5 Å². The minimum absolute atomic E-state index is 0.0674. The first-order chi connectivity index (χ1) is 12.1. The van der Waals surface area contributed by atoms with Crippen LogP contribution in [-0.4, -0.2) is 33.8 Å². The maximum Gasteiger partial charge on any atom is 0.339 e. The summed E-state index contributed by atoms with van der Waals surface area (Å²) in [7, 11) is 1.22. The summed E-state index contributed by atoms with van der Waals surface area (Å²) < 4.78 is 6.13. The van der Waals surface area contributed by atoms with Gasteiger partial charge in [0.2, 0.25) is 0 Å². The van der Waals surface area contributed by atoms with Gasteiger partial charge in [0, 0.05) is 12.4 Å². The van der Waals surface area contributed by atoms with Crippen molar-refractivity contribution in [3.8, 4) is 5.69 Å². The molecule has 0 aliphatic rings. The van der Waals surface area contributed by atoms with Gasteiger partial charge < -0.3 is 15.0 Å². The van der Waals surface area contributed by atoms with Crippen LogP contribution in [0.25, 0.3) is 5.69 Å². The standard InChI is InChI=1S/C17H14N4O4/c1-25-17(24)11-9-14(15(22)18-10-11)19-16(23)13-7-8-21(20-13)12-5-3-2-4-6-12/h2-10H,1H3,(H,18,22)(H,19,23). The van der Waals surface area contributed by atoms with E-state index in [-0.39, 0.29) is 16.9 Å². The number of hydrogen-bond donors (Lipinski definition) is 2. The van der Waals surface area contributed by atoms with Crippen LogP contribution in [0.4, 0.5) is 5.69 Å². The number of rotatable bonds is 4. The van der Waals surface area contributed by atoms with Crippen LogP contribution in [0.1, 0.15) is 20.8 Å². The van der Waals surface area contributed by atoms with E-state index in [9.17, 15) is 14.4 Å². The fourth-order valence-corrected chi connectivity index (χ4v) is 2.17. The van der Waals surface area contributed by atoms with Crippen LogP contribution in [0.2, 0.25) is 0 Å². The maximum absolute atomic E-state index is 12.3. The Kier molecular flexibility index (Phi) is 4.42. The molecule has 0 spiro atoms. The Labute approximate surface area is 142 Å². The zero-order valence-corrected chi connectivity index (χ0v) is 13.2. The molecule has 0 radical (unpaired) electrons. The minimum Gasteiger partial charge on any atom is -0.465 e. The van der Waals surface area contributed by atoms with E-state index in [4.69, 9.17) is 0 Å². The van der Waals surface area contributed by atoms with Crippen LogP contribution in [0.15, 0.2) is 59.7 Å².